The van der Waals surface area contributed by atoms with Crippen LogP contribution in [0.5, 0.6) is 0 Å². The summed E-state index contributed by atoms with van der Waals surface area (Å²) in [6, 6.07) is 23.9. The van der Waals surface area contributed by atoms with Gasteiger partial charge in [0.2, 0.25) is 0 Å². The quantitative estimate of drug-likeness (QED) is 0.240. The van der Waals surface area contributed by atoms with Gasteiger partial charge in [-0.3, -0.25) is 0 Å². The van der Waals surface area contributed by atoms with E-state index in [0.717, 1.165) is 60.2 Å². The molecule has 0 spiro atoms. The van der Waals surface area contributed by atoms with Gasteiger partial charge in [0.1, 0.15) is 11.5 Å². The fourth-order valence-corrected chi connectivity index (χ4v) is 6.71. The molecule has 4 fully saturated rings. The molecule has 6 nitrogen and oxygen atoms in total. The van der Waals surface area contributed by atoms with Gasteiger partial charge in [0.25, 0.3) is 0 Å². The highest BCUT2D eigenvalue weighted by Crippen LogP contribution is 2.47. The molecule has 2 saturated heterocycles. The molecule has 1 N–H and O–H groups in total. The summed E-state index contributed by atoms with van der Waals surface area (Å²) in [4.78, 5) is 15.2. The van der Waals surface area contributed by atoms with Crippen LogP contribution in [0.2, 0.25) is 10.0 Å². The van der Waals surface area contributed by atoms with E-state index in [1.165, 1.54) is 0 Å². The third-order valence-corrected chi connectivity index (χ3v) is 8.92. The predicted octanol–water partition coefficient (Wildman–Crippen LogP) is 8.55. The Balaban J connectivity index is 1.01. The number of aromatic nitrogens is 1. The predicted molar refractivity (Wildman–Crippen MR) is 157 cm³/mol. The van der Waals surface area contributed by atoms with Crippen LogP contribution in [-0.4, -0.2) is 34.3 Å². The molecule has 2 bridgehead atoms. The smallest absolute Gasteiger partial charge is 0.322 e. The molecule has 4 aromatic rings. The molecule has 2 aliphatic carbocycles. The molecule has 8 rings (SSSR count). The first kappa shape index (κ1) is 25.6. The highest BCUT2D eigenvalue weighted by molar-refractivity contribution is 6.39. The van der Waals surface area contributed by atoms with Crippen molar-refractivity contribution < 1.29 is 14.1 Å². The summed E-state index contributed by atoms with van der Waals surface area (Å²) < 4.78 is 12.2. The van der Waals surface area contributed by atoms with Crippen molar-refractivity contribution in [2.24, 2.45) is 0 Å². The zero-order valence-electron chi connectivity index (χ0n) is 21.9. The van der Waals surface area contributed by atoms with Crippen molar-refractivity contribution >= 4 is 34.9 Å². The van der Waals surface area contributed by atoms with Crippen molar-refractivity contribution in [2.45, 2.75) is 62.8 Å². The minimum atomic E-state index is -0.0457. The number of piperidine rings is 1. The summed E-state index contributed by atoms with van der Waals surface area (Å²) in [5.41, 5.74) is 5.28. The number of nitrogens with one attached hydrogen (secondary N) is 1. The zero-order valence-corrected chi connectivity index (χ0v) is 23.4. The van der Waals surface area contributed by atoms with Crippen LogP contribution >= 0.6 is 23.2 Å². The molecular weight excluding hydrogens is 545 g/mol. The third-order valence-electron chi connectivity index (χ3n) is 8.29. The Kier molecular flexibility index (Phi) is 6.78. The standard InChI is InChI=1S/C32H29Cl2N3O3/c33-27-10-5-11-28(34)29(27)30-26(31(40-36-30)20-12-13-20)18-39-25-16-23-15-24(17-25)37(23)32(38)35-22-9-4-8-21(14-22)19-6-2-1-3-7-19/h1-11,14,20,23-25H,12-13,15-18H2,(H,35,38). The van der Waals surface area contributed by atoms with E-state index in [-0.39, 0.29) is 24.2 Å². The maximum atomic E-state index is 13.2. The van der Waals surface area contributed by atoms with E-state index >= 15 is 0 Å². The lowest BCUT2D eigenvalue weighted by Gasteiger charge is -2.54. The Morgan fingerprint density at radius 1 is 0.925 bits per heavy atom. The first-order chi connectivity index (χ1) is 19.5. The van der Waals surface area contributed by atoms with Crippen LogP contribution in [0.1, 0.15) is 49.3 Å². The third kappa shape index (κ3) is 4.89. The number of anilines is 1. The van der Waals surface area contributed by atoms with E-state index in [2.05, 4.69) is 28.7 Å². The van der Waals surface area contributed by atoms with Crippen LogP contribution < -0.4 is 5.32 Å². The van der Waals surface area contributed by atoms with Gasteiger partial charge in [0, 0.05) is 34.8 Å². The van der Waals surface area contributed by atoms with Gasteiger partial charge >= 0.3 is 6.03 Å². The molecule has 1 aromatic heterocycles. The second kappa shape index (κ2) is 10.6. The fraction of sp³-hybridized carbons (Fsp3) is 0.312. The summed E-state index contributed by atoms with van der Waals surface area (Å²) in [6.07, 6.45) is 4.86. The van der Waals surface area contributed by atoms with E-state index in [4.69, 9.17) is 32.5 Å². The van der Waals surface area contributed by atoms with Crippen LogP contribution in [0, 0.1) is 0 Å². The molecule has 2 atom stereocenters. The first-order valence-electron chi connectivity index (χ1n) is 13.8. The Morgan fingerprint density at radius 3 is 2.35 bits per heavy atom. The van der Waals surface area contributed by atoms with Gasteiger partial charge in [-0.15, -0.1) is 0 Å². The summed E-state index contributed by atoms with van der Waals surface area (Å²) in [5.74, 6) is 1.26. The highest BCUT2D eigenvalue weighted by atomic mass is 35.5. The second-order valence-electron chi connectivity index (χ2n) is 11.0. The number of nitrogens with zero attached hydrogens (tertiary/aromatic N) is 2. The van der Waals surface area contributed by atoms with E-state index < -0.39 is 0 Å². The lowest BCUT2D eigenvalue weighted by molar-refractivity contribution is -0.0837. The van der Waals surface area contributed by atoms with Gasteiger partial charge in [-0.05, 0) is 67.5 Å². The van der Waals surface area contributed by atoms with Crippen LogP contribution in [0.4, 0.5) is 10.5 Å². The molecular formula is C32H29Cl2N3O3. The molecule has 204 valence electrons. The molecule has 8 heteroatoms. The van der Waals surface area contributed by atoms with Gasteiger partial charge in [0.15, 0.2) is 0 Å². The topological polar surface area (TPSA) is 67.6 Å². The molecule has 2 aliphatic heterocycles. The Labute approximate surface area is 243 Å². The van der Waals surface area contributed by atoms with Crippen LogP contribution in [0.25, 0.3) is 22.4 Å². The van der Waals surface area contributed by atoms with Gasteiger partial charge in [-0.2, -0.15) is 0 Å². The van der Waals surface area contributed by atoms with Crippen LogP contribution in [0.15, 0.2) is 77.3 Å². The van der Waals surface area contributed by atoms with Crippen LogP contribution in [0.3, 0.4) is 0 Å². The first-order valence-corrected chi connectivity index (χ1v) is 14.6. The van der Waals surface area contributed by atoms with Crippen molar-refractivity contribution in [2.75, 3.05) is 5.32 Å². The number of carbonyl (C=O) groups excluding carboxylic acids is 1. The Morgan fingerprint density at radius 2 is 1.62 bits per heavy atom. The lowest BCUT2D eigenvalue weighted by Crippen LogP contribution is -2.65. The van der Waals surface area contributed by atoms with Crippen molar-refractivity contribution in [1.29, 1.82) is 0 Å². The normalized spacial score (nSPS) is 21.6. The lowest BCUT2D eigenvalue weighted by atomic mass is 9.78. The molecule has 2 amide bonds. The summed E-state index contributed by atoms with van der Waals surface area (Å²) in [7, 11) is 0. The second-order valence-corrected chi connectivity index (χ2v) is 11.8. The number of urea groups is 1. The number of amides is 2. The van der Waals surface area contributed by atoms with Gasteiger partial charge in [-0.25, -0.2) is 4.79 Å². The summed E-state index contributed by atoms with van der Waals surface area (Å²) in [6.45, 7) is 0.384. The van der Waals surface area contributed by atoms with Crippen molar-refractivity contribution in [3.63, 3.8) is 0 Å². The average molecular weight is 575 g/mol. The summed E-state index contributed by atoms with van der Waals surface area (Å²) >= 11 is 13.0. The highest BCUT2D eigenvalue weighted by Gasteiger charge is 2.48. The van der Waals surface area contributed by atoms with E-state index in [9.17, 15) is 4.79 Å². The molecule has 2 unspecified atom stereocenters. The van der Waals surface area contributed by atoms with Crippen molar-refractivity contribution in [1.82, 2.24) is 10.1 Å². The molecule has 2 saturated carbocycles. The zero-order chi connectivity index (χ0) is 27.2. The van der Waals surface area contributed by atoms with E-state index in [0.29, 0.717) is 33.8 Å². The molecule has 40 heavy (non-hydrogen) atoms. The van der Waals surface area contributed by atoms with Crippen molar-refractivity contribution in [3.05, 3.63) is 94.2 Å². The monoisotopic (exact) mass is 573 g/mol. The SMILES string of the molecule is O=C(Nc1cccc(-c2ccccc2)c1)N1C2CC(OCc3c(-c4c(Cl)cccc4Cl)noc3C3CC3)CC1C2. The molecule has 3 aromatic carbocycles. The minimum absolute atomic E-state index is 0.0457. The molecule has 4 aliphatic rings. The number of hydrogen-bond donors (Lipinski definition) is 1. The minimum Gasteiger partial charge on any atom is -0.373 e. The molecule has 0 radical (unpaired) electrons. The Bertz CT molecular complexity index is 1520. The van der Waals surface area contributed by atoms with Crippen LogP contribution in [-0.2, 0) is 11.3 Å². The Hall–Kier alpha value is -3.32. The van der Waals surface area contributed by atoms with Gasteiger partial charge in [-0.1, -0.05) is 76.9 Å². The average Bonchev–Trinajstić information content (AvgIpc) is 3.72. The van der Waals surface area contributed by atoms with Crippen molar-refractivity contribution in [3.8, 4) is 22.4 Å². The maximum Gasteiger partial charge on any atom is 0.322 e. The molecule has 3 heterocycles. The number of fused-ring (bicyclic) bond motifs is 2. The number of rotatable bonds is 7. The number of ether oxygens (including phenoxy) is 1. The van der Waals surface area contributed by atoms with E-state index in [1.807, 2.05) is 59.5 Å². The summed E-state index contributed by atoms with van der Waals surface area (Å²) in [5, 5.41) is 8.57. The largest absolute Gasteiger partial charge is 0.373 e. The number of benzene rings is 3. The number of carbonyl (C=O) groups is 1. The van der Waals surface area contributed by atoms with Gasteiger partial charge in [0.05, 0.1) is 22.8 Å². The van der Waals surface area contributed by atoms with Gasteiger partial charge < -0.3 is 19.5 Å². The maximum absolute atomic E-state index is 13.2. The fourth-order valence-electron chi connectivity index (χ4n) is 6.14. The number of halogens is 2. The van der Waals surface area contributed by atoms with E-state index in [1.54, 1.807) is 0 Å². The number of hydrogen-bond acceptors (Lipinski definition) is 4.